The molecule has 5 nitrogen and oxygen atoms in total. The van der Waals surface area contributed by atoms with Crippen LogP contribution < -0.4 is 5.73 Å². The molecule has 0 spiro atoms. The number of rotatable bonds is 2. The van der Waals surface area contributed by atoms with E-state index in [1.165, 1.54) is 0 Å². The Hall–Kier alpha value is -0.650. The molecule has 1 amide bonds. The lowest BCUT2D eigenvalue weighted by Gasteiger charge is -2.41. The molecule has 5 heteroatoms. The van der Waals surface area contributed by atoms with E-state index in [4.69, 9.17) is 10.5 Å². The summed E-state index contributed by atoms with van der Waals surface area (Å²) in [5, 5.41) is 0. The highest BCUT2D eigenvalue weighted by Crippen LogP contribution is 2.23. The van der Waals surface area contributed by atoms with Crippen LogP contribution in [-0.4, -0.2) is 67.7 Å². The zero-order valence-corrected chi connectivity index (χ0v) is 11.5. The van der Waals surface area contributed by atoms with Crippen molar-refractivity contribution < 1.29 is 9.53 Å². The minimum absolute atomic E-state index is 0.123. The highest BCUT2D eigenvalue weighted by molar-refractivity contribution is 5.86. The summed E-state index contributed by atoms with van der Waals surface area (Å²) in [7, 11) is 4.15. The highest BCUT2D eigenvalue weighted by Gasteiger charge is 2.40. The number of likely N-dealkylation sites (tertiary alicyclic amines) is 1. The lowest BCUT2D eigenvalue weighted by atomic mass is 9.88. The maximum atomic E-state index is 12.6. The Morgan fingerprint density at radius 1 is 1.39 bits per heavy atom. The third kappa shape index (κ3) is 2.84. The quantitative estimate of drug-likeness (QED) is 0.757. The summed E-state index contributed by atoms with van der Waals surface area (Å²) in [5.41, 5.74) is 5.58. The lowest BCUT2D eigenvalue weighted by Crippen LogP contribution is -2.60. The molecule has 0 aliphatic carbocycles. The summed E-state index contributed by atoms with van der Waals surface area (Å²) in [4.78, 5) is 16.7. The molecule has 2 aliphatic rings. The molecule has 2 aliphatic heterocycles. The molecule has 2 saturated heterocycles. The Morgan fingerprint density at radius 3 is 2.67 bits per heavy atom. The number of hydrogen-bond donors (Lipinski definition) is 1. The summed E-state index contributed by atoms with van der Waals surface area (Å²) < 4.78 is 5.30. The molecule has 0 aromatic carbocycles. The Kier molecular flexibility index (Phi) is 4.25. The van der Waals surface area contributed by atoms with E-state index in [9.17, 15) is 4.79 Å². The maximum Gasteiger partial charge on any atom is 0.242 e. The first kappa shape index (κ1) is 13.8. The molecule has 2 rings (SSSR count). The maximum absolute atomic E-state index is 12.6. The normalized spacial score (nSPS) is 28.4. The van der Waals surface area contributed by atoms with Crippen LogP contribution in [0.25, 0.3) is 0 Å². The van der Waals surface area contributed by atoms with Crippen molar-refractivity contribution >= 4 is 5.91 Å². The molecule has 0 saturated carbocycles. The van der Waals surface area contributed by atoms with Crippen molar-refractivity contribution in [2.24, 2.45) is 5.73 Å². The fraction of sp³-hybridized carbons (Fsp3) is 0.923. The molecule has 1 unspecified atom stereocenters. The molecular formula is C13H25N3O2. The number of piperidine rings is 1. The number of likely N-dealkylation sites (N-methyl/N-ethyl adjacent to an activating group) is 1. The lowest BCUT2D eigenvalue weighted by molar-refractivity contribution is -0.142. The summed E-state index contributed by atoms with van der Waals surface area (Å²) in [6.45, 7) is 2.87. The van der Waals surface area contributed by atoms with E-state index in [-0.39, 0.29) is 5.91 Å². The number of nitrogens with zero attached hydrogens (tertiary/aromatic N) is 2. The third-order valence-electron chi connectivity index (χ3n) is 4.22. The Labute approximate surface area is 109 Å². The largest absolute Gasteiger partial charge is 0.381 e. The number of amides is 1. The van der Waals surface area contributed by atoms with Crippen LogP contribution in [-0.2, 0) is 9.53 Å². The van der Waals surface area contributed by atoms with Crippen molar-refractivity contribution in [3.05, 3.63) is 0 Å². The van der Waals surface area contributed by atoms with Gasteiger partial charge in [-0.15, -0.1) is 0 Å². The van der Waals surface area contributed by atoms with Gasteiger partial charge in [0.05, 0.1) is 5.54 Å². The van der Waals surface area contributed by atoms with Gasteiger partial charge in [0.25, 0.3) is 0 Å². The van der Waals surface area contributed by atoms with Crippen LogP contribution in [0, 0.1) is 0 Å². The van der Waals surface area contributed by atoms with Crippen molar-refractivity contribution in [1.29, 1.82) is 0 Å². The van der Waals surface area contributed by atoms with Crippen molar-refractivity contribution in [1.82, 2.24) is 9.80 Å². The average Bonchev–Trinajstić information content (AvgIpc) is 2.39. The van der Waals surface area contributed by atoms with Gasteiger partial charge < -0.3 is 20.3 Å². The molecule has 2 fully saturated rings. The van der Waals surface area contributed by atoms with Crippen LogP contribution >= 0.6 is 0 Å². The predicted molar refractivity (Wildman–Crippen MR) is 70.3 cm³/mol. The third-order valence-corrected chi connectivity index (χ3v) is 4.22. The standard InChI is InChI=1S/C13H25N3O2/c1-15(2)11-4-3-7-16(10-11)12(17)13(14)5-8-18-9-6-13/h11H,3-10,14H2,1-2H3. The summed E-state index contributed by atoms with van der Waals surface area (Å²) in [6.07, 6.45) is 3.53. The molecule has 1 atom stereocenters. The van der Waals surface area contributed by atoms with Crippen molar-refractivity contribution in [3.63, 3.8) is 0 Å². The topological polar surface area (TPSA) is 58.8 Å². The summed E-state index contributed by atoms with van der Waals surface area (Å²) in [5.74, 6) is 0.123. The van der Waals surface area contributed by atoms with Crippen LogP contribution in [0.3, 0.4) is 0 Å². The van der Waals surface area contributed by atoms with Gasteiger partial charge in [-0.05, 0) is 39.8 Å². The minimum atomic E-state index is -0.688. The molecule has 2 N–H and O–H groups in total. The van der Waals surface area contributed by atoms with Crippen LogP contribution in [0.15, 0.2) is 0 Å². The number of hydrogen-bond acceptors (Lipinski definition) is 4. The van der Waals surface area contributed by atoms with Crippen molar-refractivity contribution in [3.8, 4) is 0 Å². The number of nitrogens with two attached hydrogens (primary N) is 1. The van der Waals surface area contributed by atoms with Gasteiger partial charge in [-0.3, -0.25) is 4.79 Å². The predicted octanol–water partition coefficient (Wildman–Crippen LogP) is 0.0469. The molecule has 2 heterocycles. The van der Waals surface area contributed by atoms with E-state index in [0.29, 0.717) is 32.1 Å². The van der Waals surface area contributed by atoms with Gasteiger partial charge >= 0.3 is 0 Å². The Morgan fingerprint density at radius 2 is 2.06 bits per heavy atom. The van der Waals surface area contributed by atoms with Crippen LogP contribution in [0.4, 0.5) is 0 Å². The zero-order chi connectivity index (χ0) is 13.2. The first-order valence-corrected chi connectivity index (χ1v) is 6.85. The fourth-order valence-electron chi connectivity index (χ4n) is 2.83. The average molecular weight is 255 g/mol. The van der Waals surface area contributed by atoms with Gasteiger partial charge in [0.1, 0.15) is 0 Å². The Bertz CT molecular complexity index is 301. The van der Waals surface area contributed by atoms with Gasteiger partial charge in [-0.2, -0.15) is 0 Å². The number of carbonyl (C=O) groups is 1. The number of carbonyl (C=O) groups excluding carboxylic acids is 1. The fourth-order valence-corrected chi connectivity index (χ4v) is 2.83. The Balaban J connectivity index is 1.99. The second kappa shape index (κ2) is 5.55. The molecule has 18 heavy (non-hydrogen) atoms. The van der Waals surface area contributed by atoms with E-state index >= 15 is 0 Å². The van der Waals surface area contributed by atoms with Gasteiger partial charge in [-0.25, -0.2) is 0 Å². The second-order valence-electron chi connectivity index (χ2n) is 5.78. The molecule has 0 bridgehead atoms. The summed E-state index contributed by atoms with van der Waals surface area (Å²) in [6, 6.07) is 0.464. The van der Waals surface area contributed by atoms with Gasteiger partial charge in [-0.1, -0.05) is 0 Å². The van der Waals surface area contributed by atoms with Crippen LogP contribution in [0.1, 0.15) is 25.7 Å². The minimum Gasteiger partial charge on any atom is -0.381 e. The number of ether oxygens (including phenoxy) is 1. The molecular weight excluding hydrogens is 230 g/mol. The first-order chi connectivity index (χ1) is 8.53. The van der Waals surface area contributed by atoms with Crippen LogP contribution in [0.5, 0.6) is 0 Å². The molecule has 104 valence electrons. The smallest absolute Gasteiger partial charge is 0.242 e. The SMILES string of the molecule is CN(C)C1CCCN(C(=O)C2(N)CCOCC2)C1. The van der Waals surface area contributed by atoms with Crippen molar-refractivity contribution in [2.75, 3.05) is 40.4 Å². The van der Waals surface area contributed by atoms with E-state index in [0.717, 1.165) is 25.9 Å². The molecule has 0 radical (unpaired) electrons. The second-order valence-corrected chi connectivity index (χ2v) is 5.78. The van der Waals surface area contributed by atoms with E-state index in [2.05, 4.69) is 19.0 Å². The van der Waals surface area contributed by atoms with E-state index in [1.54, 1.807) is 0 Å². The van der Waals surface area contributed by atoms with Gasteiger partial charge in [0, 0.05) is 32.3 Å². The molecule has 0 aromatic heterocycles. The summed E-state index contributed by atoms with van der Waals surface area (Å²) >= 11 is 0. The van der Waals surface area contributed by atoms with Gasteiger partial charge in [0.2, 0.25) is 5.91 Å². The van der Waals surface area contributed by atoms with E-state index < -0.39 is 5.54 Å². The zero-order valence-electron chi connectivity index (χ0n) is 11.5. The van der Waals surface area contributed by atoms with Gasteiger partial charge in [0.15, 0.2) is 0 Å². The van der Waals surface area contributed by atoms with Crippen molar-refractivity contribution in [2.45, 2.75) is 37.3 Å². The van der Waals surface area contributed by atoms with Crippen LogP contribution in [0.2, 0.25) is 0 Å². The highest BCUT2D eigenvalue weighted by atomic mass is 16.5. The van der Waals surface area contributed by atoms with E-state index in [1.807, 2.05) is 4.90 Å². The monoisotopic (exact) mass is 255 g/mol. The first-order valence-electron chi connectivity index (χ1n) is 6.85. The molecule has 0 aromatic rings.